The first kappa shape index (κ1) is 11.0. The van der Waals surface area contributed by atoms with Gasteiger partial charge in [0.05, 0.1) is 5.69 Å². The molecule has 0 aliphatic rings. The molecule has 0 unspecified atom stereocenters. The van der Waals surface area contributed by atoms with Crippen LogP contribution in [0.1, 0.15) is 13.3 Å². The van der Waals surface area contributed by atoms with Crippen molar-refractivity contribution >= 4 is 27.8 Å². The van der Waals surface area contributed by atoms with Gasteiger partial charge in [-0.1, -0.05) is 22.9 Å². The Morgan fingerprint density at radius 1 is 1.43 bits per heavy atom. The minimum atomic E-state index is 0.839. The number of rotatable bonds is 3. The molecule has 14 heavy (non-hydrogen) atoms. The quantitative estimate of drug-likeness (QED) is 0.823. The summed E-state index contributed by atoms with van der Waals surface area (Å²) in [7, 11) is 0. The Balaban J connectivity index is 2.65. The molecule has 2 N–H and O–H groups in total. The van der Waals surface area contributed by atoms with Gasteiger partial charge in [0, 0.05) is 16.4 Å². The largest absolute Gasteiger partial charge is 0.402 e. The summed E-state index contributed by atoms with van der Waals surface area (Å²) in [6.45, 7) is 2.01. The molecular formula is C11H13BrN2. The molecule has 0 aliphatic heterocycles. The van der Waals surface area contributed by atoms with Gasteiger partial charge in [0.2, 0.25) is 0 Å². The Kier molecular flexibility index (Phi) is 4.40. The molecule has 0 saturated heterocycles. The fourth-order valence-electron chi connectivity index (χ4n) is 0.864. The lowest BCUT2D eigenvalue weighted by Crippen LogP contribution is -1.93. The van der Waals surface area contributed by atoms with E-state index in [1.54, 1.807) is 6.21 Å². The summed E-state index contributed by atoms with van der Waals surface area (Å²) >= 11 is 3.36. The number of nitrogens with two attached hydrogens (primary N) is 1. The predicted molar refractivity (Wildman–Crippen MR) is 64.9 cm³/mol. The van der Waals surface area contributed by atoms with Crippen LogP contribution >= 0.6 is 15.9 Å². The van der Waals surface area contributed by atoms with Crippen molar-refractivity contribution in [2.75, 3.05) is 0 Å². The Morgan fingerprint density at radius 2 is 2.07 bits per heavy atom. The van der Waals surface area contributed by atoms with Gasteiger partial charge in [-0.15, -0.1) is 0 Å². The van der Waals surface area contributed by atoms with Crippen LogP contribution in [-0.4, -0.2) is 6.21 Å². The van der Waals surface area contributed by atoms with E-state index in [4.69, 9.17) is 5.73 Å². The van der Waals surface area contributed by atoms with Crippen molar-refractivity contribution in [3.05, 3.63) is 40.5 Å². The molecular weight excluding hydrogens is 240 g/mol. The standard InChI is InChI=1S/C11H13BrN2/c1-2-10(13)7-8-14-11-5-3-9(12)4-6-11/h3-8H,2,13H2,1H3/b10-7-,14-8?. The second-order valence-corrected chi connectivity index (χ2v) is 3.77. The number of hydrogen-bond acceptors (Lipinski definition) is 2. The Hall–Kier alpha value is -1.09. The first-order valence-corrected chi connectivity index (χ1v) is 5.26. The van der Waals surface area contributed by atoms with Crippen LogP contribution < -0.4 is 5.73 Å². The third-order valence-electron chi connectivity index (χ3n) is 1.75. The van der Waals surface area contributed by atoms with Gasteiger partial charge in [0.1, 0.15) is 0 Å². The number of halogens is 1. The van der Waals surface area contributed by atoms with Crippen molar-refractivity contribution in [2.45, 2.75) is 13.3 Å². The average Bonchev–Trinajstić information content (AvgIpc) is 2.21. The number of benzene rings is 1. The zero-order valence-electron chi connectivity index (χ0n) is 8.07. The SMILES string of the molecule is CC/C(N)=C/C=Nc1ccc(Br)cc1. The second kappa shape index (κ2) is 5.60. The third-order valence-corrected chi connectivity index (χ3v) is 2.28. The molecule has 0 bridgehead atoms. The van der Waals surface area contributed by atoms with E-state index in [2.05, 4.69) is 20.9 Å². The van der Waals surface area contributed by atoms with E-state index < -0.39 is 0 Å². The fraction of sp³-hybridized carbons (Fsp3) is 0.182. The molecule has 3 heteroatoms. The molecule has 1 aromatic rings. The van der Waals surface area contributed by atoms with Gasteiger partial charge in [-0.05, 0) is 36.8 Å². The lowest BCUT2D eigenvalue weighted by molar-refractivity contribution is 1.07. The molecule has 1 rings (SSSR count). The highest BCUT2D eigenvalue weighted by atomic mass is 79.9. The van der Waals surface area contributed by atoms with Crippen molar-refractivity contribution in [2.24, 2.45) is 10.7 Å². The van der Waals surface area contributed by atoms with E-state index in [0.717, 1.165) is 22.3 Å². The van der Waals surface area contributed by atoms with Crippen LogP contribution in [0.15, 0.2) is 45.5 Å². The van der Waals surface area contributed by atoms with Crippen LogP contribution in [0.25, 0.3) is 0 Å². The highest BCUT2D eigenvalue weighted by molar-refractivity contribution is 9.10. The molecule has 0 aliphatic carbocycles. The van der Waals surface area contributed by atoms with E-state index in [1.165, 1.54) is 0 Å². The maximum Gasteiger partial charge on any atom is 0.0630 e. The van der Waals surface area contributed by atoms with Gasteiger partial charge in [0.15, 0.2) is 0 Å². The first-order chi connectivity index (χ1) is 6.72. The Bertz CT molecular complexity index is 339. The molecule has 0 amide bonds. The zero-order valence-corrected chi connectivity index (χ0v) is 9.66. The maximum atomic E-state index is 5.62. The number of aliphatic imine (C=N–C) groups is 1. The summed E-state index contributed by atoms with van der Waals surface area (Å²) in [5, 5.41) is 0. The van der Waals surface area contributed by atoms with Gasteiger partial charge in [0.25, 0.3) is 0 Å². The van der Waals surface area contributed by atoms with Crippen molar-refractivity contribution in [1.29, 1.82) is 0 Å². The minimum Gasteiger partial charge on any atom is -0.402 e. The van der Waals surface area contributed by atoms with E-state index in [-0.39, 0.29) is 0 Å². The second-order valence-electron chi connectivity index (χ2n) is 2.85. The Morgan fingerprint density at radius 3 is 2.64 bits per heavy atom. The minimum absolute atomic E-state index is 0.839. The number of nitrogens with zero attached hydrogens (tertiary/aromatic N) is 1. The fourth-order valence-corrected chi connectivity index (χ4v) is 1.13. The summed E-state index contributed by atoms with van der Waals surface area (Å²) in [5.41, 5.74) is 7.39. The van der Waals surface area contributed by atoms with E-state index in [0.29, 0.717) is 0 Å². The predicted octanol–water partition coefficient (Wildman–Crippen LogP) is 3.40. The molecule has 0 fully saturated rings. The number of hydrogen-bond donors (Lipinski definition) is 1. The molecule has 0 spiro atoms. The van der Waals surface area contributed by atoms with Gasteiger partial charge in [-0.2, -0.15) is 0 Å². The smallest absolute Gasteiger partial charge is 0.0630 e. The zero-order chi connectivity index (χ0) is 10.4. The van der Waals surface area contributed by atoms with Crippen LogP contribution in [0.3, 0.4) is 0 Å². The van der Waals surface area contributed by atoms with E-state index in [9.17, 15) is 0 Å². The van der Waals surface area contributed by atoms with Crippen molar-refractivity contribution in [3.8, 4) is 0 Å². The van der Waals surface area contributed by atoms with Gasteiger partial charge in [-0.3, -0.25) is 4.99 Å². The lowest BCUT2D eigenvalue weighted by atomic mass is 10.3. The normalized spacial score (nSPS) is 12.3. The third kappa shape index (κ3) is 3.75. The highest BCUT2D eigenvalue weighted by Gasteiger charge is 1.87. The molecule has 0 aromatic heterocycles. The Labute approximate surface area is 92.7 Å². The molecule has 74 valence electrons. The molecule has 0 saturated carbocycles. The highest BCUT2D eigenvalue weighted by Crippen LogP contribution is 2.16. The molecule has 0 heterocycles. The summed E-state index contributed by atoms with van der Waals surface area (Å²) in [4.78, 5) is 4.23. The van der Waals surface area contributed by atoms with Crippen molar-refractivity contribution in [1.82, 2.24) is 0 Å². The average molecular weight is 253 g/mol. The van der Waals surface area contributed by atoms with Crippen molar-refractivity contribution < 1.29 is 0 Å². The monoisotopic (exact) mass is 252 g/mol. The van der Waals surface area contributed by atoms with E-state index >= 15 is 0 Å². The van der Waals surface area contributed by atoms with Gasteiger partial charge < -0.3 is 5.73 Å². The number of allylic oxidation sites excluding steroid dienone is 2. The summed E-state index contributed by atoms with van der Waals surface area (Å²) < 4.78 is 1.06. The molecule has 0 radical (unpaired) electrons. The van der Waals surface area contributed by atoms with Crippen LogP contribution in [0.4, 0.5) is 5.69 Å². The van der Waals surface area contributed by atoms with Gasteiger partial charge >= 0.3 is 0 Å². The lowest BCUT2D eigenvalue weighted by Gasteiger charge is -1.93. The van der Waals surface area contributed by atoms with Gasteiger partial charge in [-0.25, -0.2) is 0 Å². The van der Waals surface area contributed by atoms with Crippen molar-refractivity contribution in [3.63, 3.8) is 0 Å². The van der Waals surface area contributed by atoms with Crippen LogP contribution in [-0.2, 0) is 0 Å². The molecule has 1 aromatic carbocycles. The summed E-state index contributed by atoms with van der Waals surface area (Å²) in [5.74, 6) is 0. The summed E-state index contributed by atoms with van der Waals surface area (Å²) in [6.07, 6.45) is 4.40. The van der Waals surface area contributed by atoms with Crippen LogP contribution in [0.5, 0.6) is 0 Å². The van der Waals surface area contributed by atoms with Crippen LogP contribution in [0, 0.1) is 0 Å². The van der Waals surface area contributed by atoms with Crippen LogP contribution in [0.2, 0.25) is 0 Å². The summed E-state index contributed by atoms with van der Waals surface area (Å²) in [6, 6.07) is 7.80. The molecule has 0 atom stereocenters. The first-order valence-electron chi connectivity index (χ1n) is 4.46. The maximum absolute atomic E-state index is 5.62. The topological polar surface area (TPSA) is 38.4 Å². The van der Waals surface area contributed by atoms with E-state index in [1.807, 2.05) is 37.3 Å². The molecule has 2 nitrogen and oxygen atoms in total.